The fraction of sp³-hybridized carbons (Fsp3) is 0.360. The monoisotopic (exact) mass is 448 g/mol. The van der Waals surface area contributed by atoms with Crippen LogP contribution < -0.4 is 5.32 Å². The average molecular weight is 449 g/mol. The standard InChI is InChI=1S/C25H28N4O2S/c1-5-16-11-13-17(14-12-16)26-23(30)20(6-2)32-25-27-19-10-8-7-9-18(19)22-28-24(31)21(15(3)4)29(22)25/h7-15,20-21H,5-6H2,1-4H3,(H,26,30). The van der Waals surface area contributed by atoms with E-state index in [2.05, 4.69) is 17.2 Å². The van der Waals surface area contributed by atoms with Gasteiger partial charge in [-0.2, -0.15) is 4.99 Å². The summed E-state index contributed by atoms with van der Waals surface area (Å²) in [4.78, 5) is 37.0. The number of para-hydroxylation sites is 1. The van der Waals surface area contributed by atoms with E-state index >= 15 is 0 Å². The zero-order valence-corrected chi connectivity index (χ0v) is 19.6. The first kappa shape index (κ1) is 22.3. The molecule has 0 fully saturated rings. The van der Waals surface area contributed by atoms with Crippen LogP contribution in [0.1, 0.15) is 45.2 Å². The van der Waals surface area contributed by atoms with Gasteiger partial charge in [0.2, 0.25) is 5.91 Å². The molecule has 0 aliphatic carbocycles. The molecule has 166 valence electrons. The largest absolute Gasteiger partial charge is 0.325 e. The number of aliphatic imine (C=N–C) groups is 2. The second-order valence-corrected chi connectivity index (χ2v) is 9.47. The second-order valence-electron chi connectivity index (χ2n) is 8.30. The number of rotatable bonds is 6. The van der Waals surface area contributed by atoms with Crippen LogP contribution in [0.3, 0.4) is 0 Å². The fourth-order valence-electron chi connectivity index (χ4n) is 3.95. The number of hydrogen-bond acceptors (Lipinski definition) is 5. The molecule has 2 aliphatic rings. The van der Waals surface area contributed by atoms with Crippen molar-refractivity contribution in [3.63, 3.8) is 0 Å². The van der Waals surface area contributed by atoms with Gasteiger partial charge in [-0.1, -0.05) is 63.7 Å². The van der Waals surface area contributed by atoms with Gasteiger partial charge in [-0.15, -0.1) is 0 Å². The topological polar surface area (TPSA) is 74.1 Å². The Bertz CT molecular complexity index is 1090. The quantitative estimate of drug-likeness (QED) is 0.674. The zero-order valence-electron chi connectivity index (χ0n) is 18.8. The third-order valence-electron chi connectivity index (χ3n) is 5.71. The first-order chi connectivity index (χ1) is 15.4. The summed E-state index contributed by atoms with van der Waals surface area (Å²) < 4.78 is 0. The van der Waals surface area contributed by atoms with Crippen LogP contribution in [0.5, 0.6) is 0 Å². The van der Waals surface area contributed by atoms with Crippen LogP contribution in [0.2, 0.25) is 0 Å². The van der Waals surface area contributed by atoms with Gasteiger partial charge in [-0.3, -0.25) is 14.5 Å². The summed E-state index contributed by atoms with van der Waals surface area (Å²) in [5, 5.41) is 3.32. The third kappa shape index (κ3) is 4.21. The maximum absolute atomic E-state index is 13.1. The number of fused-ring (bicyclic) bond motifs is 3. The van der Waals surface area contributed by atoms with Gasteiger partial charge >= 0.3 is 0 Å². The van der Waals surface area contributed by atoms with E-state index in [-0.39, 0.29) is 23.0 Å². The van der Waals surface area contributed by atoms with Crippen molar-refractivity contribution in [1.29, 1.82) is 0 Å². The predicted molar refractivity (Wildman–Crippen MR) is 132 cm³/mol. The summed E-state index contributed by atoms with van der Waals surface area (Å²) in [6, 6.07) is 15.2. The summed E-state index contributed by atoms with van der Waals surface area (Å²) in [6.45, 7) is 8.10. The van der Waals surface area contributed by atoms with E-state index in [1.807, 2.05) is 74.2 Å². The van der Waals surface area contributed by atoms with Gasteiger partial charge in [0.05, 0.1) is 10.9 Å². The maximum Gasteiger partial charge on any atom is 0.271 e. The van der Waals surface area contributed by atoms with Gasteiger partial charge in [-0.25, -0.2) is 4.99 Å². The Morgan fingerprint density at radius 1 is 1.09 bits per heavy atom. The molecule has 2 atom stereocenters. The molecule has 4 rings (SSSR count). The molecule has 2 aromatic rings. The third-order valence-corrected chi connectivity index (χ3v) is 7.05. The van der Waals surface area contributed by atoms with Crippen molar-refractivity contribution >= 4 is 46.0 Å². The highest BCUT2D eigenvalue weighted by molar-refractivity contribution is 8.15. The molecule has 0 saturated heterocycles. The molecule has 2 aromatic carbocycles. The van der Waals surface area contributed by atoms with Crippen molar-refractivity contribution in [3.8, 4) is 0 Å². The normalized spacial score (nSPS) is 18.1. The average Bonchev–Trinajstić information content (AvgIpc) is 3.15. The molecule has 0 saturated carbocycles. The number of aryl methyl sites for hydroxylation is 1. The van der Waals surface area contributed by atoms with Crippen molar-refractivity contribution in [2.24, 2.45) is 15.9 Å². The molecule has 2 amide bonds. The lowest BCUT2D eigenvalue weighted by Gasteiger charge is -2.33. The highest BCUT2D eigenvalue weighted by Crippen LogP contribution is 2.37. The van der Waals surface area contributed by atoms with Crippen molar-refractivity contribution < 1.29 is 9.59 Å². The minimum atomic E-state index is -0.410. The number of nitrogens with one attached hydrogen (secondary N) is 1. The summed E-state index contributed by atoms with van der Waals surface area (Å²) in [6.07, 6.45) is 1.59. The van der Waals surface area contributed by atoms with Crippen molar-refractivity contribution in [1.82, 2.24) is 4.90 Å². The summed E-state index contributed by atoms with van der Waals surface area (Å²) >= 11 is 1.39. The molecular weight excluding hydrogens is 420 g/mol. The van der Waals surface area contributed by atoms with Gasteiger partial charge in [-0.05, 0) is 48.6 Å². The van der Waals surface area contributed by atoms with Crippen molar-refractivity contribution in [2.45, 2.75) is 51.8 Å². The van der Waals surface area contributed by atoms with Gasteiger partial charge in [0.15, 0.2) is 5.17 Å². The Morgan fingerprint density at radius 3 is 2.47 bits per heavy atom. The highest BCUT2D eigenvalue weighted by atomic mass is 32.2. The van der Waals surface area contributed by atoms with Gasteiger partial charge < -0.3 is 5.32 Å². The Morgan fingerprint density at radius 2 is 1.81 bits per heavy atom. The fourth-order valence-corrected chi connectivity index (χ4v) is 5.00. The lowest BCUT2D eigenvalue weighted by molar-refractivity contribution is -0.120. The number of hydrogen-bond donors (Lipinski definition) is 1. The Labute approximate surface area is 193 Å². The molecule has 0 bridgehead atoms. The maximum atomic E-state index is 13.1. The molecule has 2 unspecified atom stereocenters. The van der Waals surface area contributed by atoms with Crippen LogP contribution >= 0.6 is 11.8 Å². The van der Waals surface area contributed by atoms with Gasteiger partial charge in [0, 0.05) is 11.3 Å². The predicted octanol–water partition coefficient (Wildman–Crippen LogP) is 5.01. The van der Waals surface area contributed by atoms with Crippen LogP contribution in [0, 0.1) is 5.92 Å². The van der Waals surface area contributed by atoms with Gasteiger partial charge in [0.1, 0.15) is 11.9 Å². The molecule has 6 nitrogen and oxygen atoms in total. The number of carbonyl (C=O) groups excluding carboxylic acids is 2. The molecule has 0 spiro atoms. The first-order valence-electron chi connectivity index (χ1n) is 11.1. The van der Waals surface area contributed by atoms with E-state index in [1.54, 1.807) is 0 Å². The highest BCUT2D eigenvalue weighted by Gasteiger charge is 2.44. The molecule has 2 heterocycles. The number of anilines is 1. The minimum absolute atomic E-state index is 0.0609. The Kier molecular flexibility index (Phi) is 6.46. The lowest BCUT2D eigenvalue weighted by atomic mass is 10.0. The van der Waals surface area contributed by atoms with Crippen LogP contribution in [0.4, 0.5) is 11.4 Å². The molecule has 0 aromatic heterocycles. The Balaban J connectivity index is 1.61. The molecule has 1 N–H and O–H groups in total. The molecule has 2 aliphatic heterocycles. The van der Waals surface area contributed by atoms with Crippen LogP contribution in [0.15, 0.2) is 58.5 Å². The Hall–Kier alpha value is -2.93. The van der Waals surface area contributed by atoms with Crippen molar-refractivity contribution in [3.05, 3.63) is 59.7 Å². The van der Waals surface area contributed by atoms with E-state index in [0.717, 1.165) is 23.4 Å². The second kappa shape index (κ2) is 9.28. The number of benzene rings is 2. The zero-order chi connectivity index (χ0) is 22.8. The minimum Gasteiger partial charge on any atom is -0.325 e. The van der Waals surface area contributed by atoms with E-state index in [1.165, 1.54) is 17.3 Å². The lowest BCUT2D eigenvalue weighted by Crippen LogP contribution is -2.47. The van der Waals surface area contributed by atoms with Crippen LogP contribution in [-0.2, 0) is 16.0 Å². The number of amides is 2. The van der Waals surface area contributed by atoms with Gasteiger partial charge in [0.25, 0.3) is 5.91 Å². The number of thioether (sulfide) groups is 1. The number of carbonyl (C=O) groups is 2. The summed E-state index contributed by atoms with van der Waals surface area (Å²) in [5.41, 5.74) is 3.63. The number of amidine groups is 2. The SMILES string of the molecule is CCc1ccc(NC(=O)C(CC)SC2=Nc3ccccc3C3=NC(=O)C(C(C)C)N23)cc1. The molecular formula is C25H28N4O2S. The van der Waals surface area contributed by atoms with Crippen molar-refractivity contribution in [2.75, 3.05) is 5.32 Å². The van der Waals surface area contributed by atoms with Crippen LogP contribution in [0.25, 0.3) is 0 Å². The smallest absolute Gasteiger partial charge is 0.271 e. The van der Waals surface area contributed by atoms with E-state index in [4.69, 9.17) is 4.99 Å². The summed E-state index contributed by atoms with van der Waals surface area (Å²) in [7, 11) is 0. The van der Waals surface area contributed by atoms with E-state index in [9.17, 15) is 9.59 Å². The van der Waals surface area contributed by atoms with E-state index in [0.29, 0.717) is 17.4 Å². The number of nitrogens with zero attached hydrogens (tertiary/aromatic N) is 3. The summed E-state index contributed by atoms with van der Waals surface area (Å²) in [5.74, 6) is 0.458. The molecule has 0 radical (unpaired) electrons. The first-order valence-corrected chi connectivity index (χ1v) is 12.0. The van der Waals surface area contributed by atoms with Crippen LogP contribution in [-0.4, -0.2) is 39.0 Å². The van der Waals surface area contributed by atoms with E-state index < -0.39 is 6.04 Å². The molecule has 7 heteroatoms. The molecule has 32 heavy (non-hydrogen) atoms.